The molecule has 0 unspecified atom stereocenters. The molecule has 1 aromatic heterocycles. The molecule has 1 aromatic carbocycles. The second-order valence-corrected chi connectivity index (χ2v) is 8.29. The van der Waals surface area contributed by atoms with Crippen LogP contribution in [0.3, 0.4) is 0 Å². The summed E-state index contributed by atoms with van der Waals surface area (Å²) in [5.41, 5.74) is 2.83. The van der Waals surface area contributed by atoms with Gasteiger partial charge in [-0.3, -0.25) is 15.2 Å². The van der Waals surface area contributed by atoms with Crippen LogP contribution < -0.4 is 15.6 Å². The fourth-order valence-corrected chi connectivity index (χ4v) is 3.15. The molecule has 5 nitrogen and oxygen atoms in total. The van der Waals surface area contributed by atoms with Crippen LogP contribution in [-0.4, -0.2) is 28.9 Å². The van der Waals surface area contributed by atoms with E-state index in [9.17, 15) is 13.6 Å². The van der Waals surface area contributed by atoms with E-state index in [4.69, 9.17) is 5.84 Å². The third kappa shape index (κ3) is 5.53. The standard InChI is InChI=1S/C16H18F2N4OS.C2H6/c1-24(2,3)22(14-7-13(17)8-20-9-14)10-12-5-4-11(6-15(12)18)16(23)21-19;1-2/h4-9H,1-2,10,19H2,3H3,(H,21,23);1-2H3. The lowest BCUT2D eigenvalue weighted by molar-refractivity contribution is 0.0953. The molecular formula is C18H24F2N4OS. The van der Waals surface area contributed by atoms with Gasteiger partial charge in [0, 0.05) is 17.2 Å². The Morgan fingerprint density at radius 2 is 1.92 bits per heavy atom. The van der Waals surface area contributed by atoms with Crippen LogP contribution >= 0.6 is 9.39 Å². The molecule has 26 heavy (non-hydrogen) atoms. The van der Waals surface area contributed by atoms with Crippen LogP contribution in [0.4, 0.5) is 14.5 Å². The molecule has 1 heterocycles. The SMILES string of the molecule is C=S(=C)(C)N(Cc1ccc(C(=O)NN)cc1F)c1cncc(F)c1.CC. The molecule has 0 radical (unpaired) electrons. The Morgan fingerprint density at radius 3 is 2.42 bits per heavy atom. The third-order valence-electron chi connectivity index (χ3n) is 3.27. The van der Waals surface area contributed by atoms with Crippen LogP contribution in [0.15, 0.2) is 36.7 Å². The molecule has 1 amide bonds. The highest BCUT2D eigenvalue weighted by atomic mass is 32.2. The minimum atomic E-state index is -1.82. The minimum absolute atomic E-state index is 0.108. The summed E-state index contributed by atoms with van der Waals surface area (Å²) >= 11 is 0. The van der Waals surface area contributed by atoms with E-state index in [-0.39, 0.29) is 12.1 Å². The van der Waals surface area contributed by atoms with Gasteiger partial charge in [0.1, 0.15) is 11.6 Å². The number of aromatic nitrogens is 1. The predicted octanol–water partition coefficient (Wildman–Crippen LogP) is 3.21. The highest BCUT2D eigenvalue weighted by molar-refractivity contribution is 8.28. The molecule has 0 bridgehead atoms. The molecule has 142 valence electrons. The number of hydrazine groups is 1. The number of hydrogen-bond donors (Lipinski definition) is 2. The highest BCUT2D eigenvalue weighted by Crippen LogP contribution is 2.31. The number of benzene rings is 1. The Labute approximate surface area is 153 Å². The predicted molar refractivity (Wildman–Crippen MR) is 108 cm³/mol. The van der Waals surface area contributed by atoms with E-state index in [2.05, 4.69) is 16.7 Å². The molecule has 2 aromatic rings. The Balaban J connectivity index is 0.00000163. The summed E-state index contributed by atoms with van der Waals surface area (Å²) in [6.07, 6.45) is 4.35. The number of nitrogens with zero attached hydrogens (tertiary/aromatic N) is 2. The molecular weight excluding hydrogens is 358 g/mol. The van der Waals surface area contributed by atoms with Crippen molar-refractivity contribution in [2.75, 3.05) is 10.6 Å². The summed E-state index contributed by atoms with van der Waals surface area (Å²) in [5.74, 6) is 11.4. The van der Waals surface area contributed by atoms with Crippen LogP contribution in [-0.2, 0) is 6.54 Å². The van der Waals surface area contributed by atoms with E-state index in [0.717, 1.165) is 12.3 Å². The number of hydrogen-bond acceptors (Lipinski definition) is 4. The van der Waals surface area contributed by atoms with E-state index in [0.29, 0.717) is 11.3 Å². The monoisotopic (exact) mass is 382 g/mol. The van der Waals surface area contributed by atoms with Crippen LogP contribution in [0.5, 0.6) is 0 Å². The first kappa shape index (κ1) is 21.6. The van der Waals surface area contributed by atoms with Crippen molar-refractivity contribution in [3.63, 3.8) is 0 Å². The Bertz CT molecular complexity index is 869. The third-order valence-corrected chi connectivity index (χ3v) is 4.67. The fraction of sp³-hybridized carbons (Fsp3) is 0.222. The molecule has 0 saturated heterocycles. The van der Waals surface area contributed by atoms with Crippen LogP contribution in [0.25, 0.3) is 0 Å². The maximum atomic E-state index is 14.3. The number of nitrogens with two attached hydrogens (primary N) is 1. The van der Waals surface area contributed by atoms with Crippen molar-refractivity contribution in [3.05, 3.63) is 59.4 Å². The summed E-state index contributed by atoms with van der Waals surface area (Å²) in [5, 5.41) is 0. The average molecular weight is 382 g/mol. The first-order valence-corrected chi connectivity index (χ1v) is 10.2. The van der Waals surface area contributed by atoms with E-state index >= 15 is 0 Å². The van der Waals surface area contributed by atoms with Gasteiger partial charge >= 0.3 is 0 Å². The molecule has 0 aliphatic heterocycles. The number of rotatable bonds is 5. The molecule has 2 rings (SSSR count). The van der Waals surface area contributed by atoms with Gasteiger partial charge in [0.25, 0.3) is 5.91 Å². The number of carbonyl (C=O) groups excluding carboxylic acids is 1. The molecule has 0 aliphatic carbocycles. The Hall–Kier alpha value is -2.45. The quantitative estimate of drug-likeness (QED) is 0.361. The molecule has 0 spiro atoms. The topological polar surface area (TPSA) is 71.2 Å². The van der Waals surface area contributed by atoms with Crippen molar-refractivity contribution in [2.45, 2.75) is 20.4 Å². The first-order chi connectivity index (χ1) is 12.2. The lowest BCUT2D eigenvalue weighted by atomic mass is 10.1. The fourth-order valence-electron chi connectivity index (χ4n) is 2.09. The number of carbonyl (C=O) groups is 1. The van der Waals surface area contributed by atoms with E-state index in [1.54, 1.807) is 10.6 Å². The highest BCUT2D eigenvalue weighted by Gasteiger charge is 2.15. The second kappa shape index (κ2) is 9.30. The van der Waals surface area contributed by atoms with E-state index in [1.807, 2.05) is 19.3 Å². The molecule has 0 fully saturated rings. The maximum absolute atomic E-state index is 14.3. The van der Waals surface area contributed by atoms with Crippen molar-refractivity contribution in [1.82, 2.24) is 10.4 Å². The van der Waals surface area contributed by atoms with Gasteiger partial charge < -0.3 is 4.31 Å². The lowest BCUT2D eigenvalue weighted by Crippen LogP contribution is -2.30. The normalized spacial score (nSPS) is 10.5. The van der Waals surface area contributed by atoms with Gasteiger partial charge in [-0.25, -0.2) is 14.6 Å². The zero-order chi connectivity index (χ0) is 19.9. The van der Waals surface area contributed by atoms with E-state index in [1.165, 1.54) is 24.4 Å². The van der Waals surface area contributed by atoms with Gasteiger partial charge in [-0.2, -0.15) is 0 Å². The van der Waals surface area contributed by atoms with Crippen LogP contribution in [0.1, 0.15) is 29.8 Å². The summed E-state index contributed by atoms with van der Waals surface area (Å²) in [6.45, 7) is 4.11. The Kier molecular flexibility index (Phi) is 7.73. The Morgan fingerprint density at radius 1 is 1.27 bits per heavy atom. The minimum Gasteiger partial charge on any atom is -0.322 e. The maximum Gasteiger partial charge on any atom is 0.265 e. The van der Waals surface area contributed by atoms with Gasteiger partial charge in [-0.05, 0) is 18.4 Å². The summed E-state index contributed by atoms with van der Waals surface area (Å²) in [6, 6.07) is 5.33. The van der Waals surface area contributed by atoms with Gasteiger partial charge in [-0.15, -0.1) is 9.39 Å². The zero-order valence-corrected chi connectivity index (χ0v) is 15.9. The van der Waals surface area contributed by atoms with Gasteiger partial charge in [0.15, 0.2) is 0 Å². The van der Waals surface area contributed by atoms with Crippen molar-refractivity contribution >= 4 is 32.7 Å². The lowest BCUT2D eigenvalue weighted by Gasteiger charge is -2.30. The van der Waals surface area contributed by atoms with Crippen molar-refractivity contribution < 1.29 is 13.6 Å². The number of amides is 1. The second-order valence-electron chi connectivity index (χ2n) is 5.40. The number of halogens is 2. The van der Waals surface area contributed by atoms with Gasteiger partial charge in [0.2, 0.25) is 0 Å². The van der Waals surface area contributed by atoms with Crippen molar-refractivity contribution in [3.8, 4) is 0 Å². The number of pyridine rings is 1. The van der Waals surface area contributed by atoms with Crippen molar-refractivity contribution in [2.24, 2.45) is 5.84 Å². The smallest absolute Gasteiger partial charge is 0.265 e. The van der Waals surface area contributed by atoms with Crippen LogP contribution in [0, 0.1) is 11.6 Å². The summed E-state index contributed by atoms with van der Waals surface area (Å²) in [4.78, 5) is 15.2. The largest absolute Gasteiger partial charge is 0.322 e. The number of nitrogens with one attached hydrogen (secondary N) is 1. The first-order valence-electron chi connectivity index (χ1n) is 7.84. The summed E-state index contributed by atoms with van der Waals surface area (Å²) < 4.78 is 29.5. The molecule has 0 atom stereocenters. The average Bonchev–Trinajstić information content (AvgIpc) is 2.60. The zero-order valence-electron chi connectivity index (χ0n) is 15.1. The molecule has 3 N–H and O–H groups in total. The number of nitrogen functional groups attached to an aromatic ring is 1. The van der Waals surface area contributed by atoms with Crippen LogP contribution in [0.2, 0.25) is 0 Å². The molecule has 8 heteroatoms. The molecule has 0 saturated carbocycles. The van der Waals surface area contributed by atoms with Gasteiger partial charge in [0.05, 0.1) is 24.6 Å². The van der Waals surface area contributed by atoms with Crippen molar-refractivity contribution in [1.29, 1.82) is 0 Å². The molecule has 0 aliphatic rings. The van der Waals surface area contributed by atoms with E-state index < -0.39 is 26.9 Å². The summed E-state index contributed by atoms with van der Waals surface area (Å²) in [7, 11) is -1.82. The van der Waals surface area contributed by atoms with Gasteiger partial charge in [-0.1, -0.05) is 31.7 Å². The number of anilines is 1.